The lowest BCUT2D eigenvalue weighted by atomic mass is 9.67. The fraction of sp³-hybridized carbons (Fsp3) is 0.0370. The van der Waals surface area contributed by atoms with Crippen molar-refractivity contribution in [3.8, 4) is 33.4 Å². The van der Waals surface area contributed by atoms with Crippen LogP contribution < -0.4 is 4.90 Å². The minimum absolute atomic E-state index is 0.481. The van der Waals surface area contributed by atoms with Crippen molar-refractivity contribution in [1.82, 2.24) is 0 Å². The molecule has 10 rings (SSSR count). The monoisotopic (exact) mass is 701 g/mol. The molecule has 0 bridgehead atoms. The van der Waals surface area contributed by atoms with Crippen LogP contribution in [0.25, 0.3) is 44.2 Å². The summed E-state index contributed by atoms with van der Waals surface area (Å²) in [5.74, 6) is 0. The fourth-order valence-electron chi connectivity index (χ4n) is 9.00. The van der Waals surface area contributed by atoms with Crippen molar-refractivity contribution in [2.75, 3.05) is 4.90 Å². The van der Waals surface area contributed by atoms with E-state index in [9.17, 15) is 0 Å². The summed E-state index contributed by atoms with van der Waals surface area (Å²) in [5, 5.41) is 2.48. The summed E-state index contributed by atoms with van der Waals surface area (Å²) in [6, 6.07) is 80.0. The maximum Gasteiger partial charge on any atom is 0.0714 e. The molecule has 9 aromatic carbocycles. The Morgan fingerprint density at radius 1 is 0.345 bits per heavy atom. The van der Waals surface area contributed by atoms with Gasteiger partial charge >= 0.3 is 0 Å². The summed E-state index contributed by atoms with van der Waals surface area (Å²) >= 11 is 0. The molecule has 0 spiro atoms. The summed E-state index contributed by atoms with van der Waals surface area (Å²) in [4.78, 5) is 2.40. The lowest BCUT2D eigenvalue weighted by molar-refractivity contribution is 0.768. The Morgan fingerprint density at radius 3 is 1.44 bits per heavy atom. The molecule has 0 saturated carbocycles. The predicted octanol–water partition coefficient (Wildman–Crippen LogP) is 14.3. The van der Waals surface area contributed by atoms with Gasteiger partial charge in [0.05, 0.1) is 5.41 Å². The molecule has 1 aliphatic rings. The van der Waals surface area contributed by atoms with E-state index in [-0.39, 0.29) is 0 Å². The molecular formula is C54H39N. The lowest BCUT2D eigenvalue weighted by Gasteiger charge is -2.35. The molecule has 0 radical (unpaired) electrons. The van der Waals surface area contributed by atoms with Crippen LogP contribution >= 0.6 is 0 Å². The smallest absolute Gasteiger partial charge is 0.0714 e. The van der Waals surface area contributed by atoms with Gasteiger partial charge in [-0.2, -0.15) is 0 Å². The second-order valence-corrected chi connectivity index (χ2v) is 14.5. The Hall–Kier alpha value is -6.96. The van der Waals surface area contributed by atoms with E-state index in [4.69, 9.17) is 0 Å². The first kappa shape index (κ1) is 32.7. The third kappa shape index (κ3) is 5.39. The third-order valence-electron chi connectivity index (χ3n) is 11.4. The van der Waals surface area contributed by atoms with Crippen LogP contribution in [0, 0.1) is 6.92 Å². The molecule has 1 aliphatic carbocycles. The van der Waals surface area contributed by atoms with Crippen molar-refractivity contribution in [3.63, 3.8) is 0 Å². The van der Waals surface area contributed by atoms with Gasteiger partial charge in [0.25, 0.3) is 0 Å². The van der Waals surface area contributed by atoms with Crippen molar-refractivity contribution >= 4 is 27.8 Å². The number of para-hydroxylation sites is 1. The quantitative estimate of drug-likeness (QED) is 0.160. The number of fused-ring (bicyclic) bond motifs is 4. The second-order valence-electron chi connectivity index (χ2n) is 14.5. The maximum absolute atomic E-state index is 2.45. The van der Waals surface area contributed by atoms with Gasteiger partial charge in [-0.3, -0.25) is 0 Å². The standard InChI is InChI=1S/C54H39N/c1-38-17-16-28-51-53(38)48-34-33-47(37-52(48)54(51,43-22-8-3-9-23-43)44-24-10-4-11-25-44)55(45-26-12-5-13-27-45)46-31-29-40(30-32-46)50-36-42-21-15-14-20-41(42)35-49(50)39-18-6-2-7-19-39/h2-37H,1H3. The summed E-state index contributed by atoms with van der Waals surface area (Å²) in [5.41, 5.74) is 16.8. The molecule has 0 atom stereocenters. The predicted molar refractivity (Wildman–Crippen MR) is 232 cm³/mol. The van der Waals surface area contributed by atoms with Gasteiger partial charge in [0.15, 0.2) is 0 Å². The van der Waals surface area contributed by atoms with E-state index < -0.39 is 5.41 Å². The van der Waals surface area contributed by atoms with Crippen LogP contribution in [0.2, 0.25) is 0 Å². The zero-order chi connectivity index (χ0) is 36.8. The Bertz CT molecular complexity index is 2750. The molecule has 0 N–H and O–H groups in total. The van der Waals surface area contributed by atoms with Crippen LogP contribution in [-0.2, 0) is 5.41 Å². The highest BCUT2D eigenvalue weighted by Gasteiger charge is 2.46. The molecule has 260 valence electrons. The number of aryl methyl sites for hydroxylation is 1. The SMILES string of the molecule is Cc1cccc2c1-c1ccc(N(c3ccccc3)c3ccc(-c4cc5ccccc5cc4-c4ccccc4)cc3)cc1C2(c1ccccc1)c1ccccc1. The van der Waals surface area contributed by atoms with E-state index in [1.807, 2.05) is 0 Å². The van der Waals surface area contributed by atoms with Crippen molar-refractivity contribution < 1.29 is 0 Å². The summed E-state index contributed by atoms with van der Waals surface area (Å²) in [6.07, 6.45) is 0. The van der Waals surface area contributed by atoms with Gasteiger partial charge in [-0.15, -0.1) is 0 Å². The largest absolute Gasteiger partial charge is 0.310 e. The van der Waals surface area contributed by atoms with Gasteiger partial charge in [0, 0.05) is 17.1 Å². The molecule has 0 aliphatic heterocycles. The molecule has 0 fully saturated rings. The number of rotatable bonds is 7. The summed E-state index contributed by atoms with van der Waals surface area (Å²) < 4.78 is 0. The number of anilines is 3. The van der Waals surface area contributed by atoms with E-state index in [1.54, 1.807) is 0 Å². The van der Waals surface area contributed by atoms with Crippen LogP contribution in [-0.4, -0.2) is 0 Å². The minimum Gasteiger partial charge on any atom is -0.310 e. The average Bonchev–Trinajstić information content (AvgIpc) is 3.56. The minimum atomic E-state index is -0.481. The van der Waals surface area contributed by atoms with Crippen LogP contribution in [0.5, 0.6) is 0 Å². The van der Waals surface area contributed by atoms with E-state index in [0.717, 1.165) is 17.1 Å². The topological polar surface area (TPSA) is 3.24 Å². The van der Waals surface area contributed by atoms with Crippen molar-refractivity contribution in [1.29, 1.82) is 0 Å². The Kier molecular flexibility index (Phi) is 8.00. The van der Waals surface area contributed by atoms with Crippen LogP contribution in [0.4, 0.5) is 17.1 Å². The number of nitrogens with zero attached hydrogens (tertiary/aromatic N) is 1. The van der Waals surface area contributed by atoms with E-state index in [2.05, 4.69) is 230 Å². The van der Waals surface area contributed by atoms with Crippen LogP contribution in [0.1, 0.15) is 27.8 Å². The van der Waals surface area contributed by atoms with Crippen molar-refractivity contribution in [2.45, 2.75) is 12.3 Å². The maximum atomic E-state index is 2.45. The highest BCUT2D eigenvalue weighted by atomic mass is 15.1. The Labute approximate surface area is 323 Å². The van der Waals surface area contributed by atoms with E-state index in [1.165, 1.54) is 72.0 Å². The first-order valence-electron chi connectivity index (χ1n) is 19.1. The summed E-state index contributed by atoms with van der Waals surface area (Å²) in [7, 11) is 0. The molecule has 0 aromatic heterocycles. The molecule has 0 saturated heterocycles. The van der Waals surface area contributed by atoms with Gasteiger partial charge in [-0.1, -0.05) is 170 Å². The van der Waals surface area contributed by atoms with Gasteiger partial charge in [0.2, 0.25) is 0 Å². The molecule has 9 aromatic rings. The third-order valence-corrected chi connectivity index (χ3v) is 11.4. The first-order chi connectivity index (χ1) is 27.2. The summed E-state index contributed by atoms with van der Waals surface area (Å²) in [6.45, 7) is 2.25. The number of hydrogen-bond donors (Lipinski definition) is 0. The Balaban J connectivity index is 1.16. The van der Waals surface area contributed by atoms with Gasteiger partial charge in [-0.05, 0) is 127 Å². The van der Waals surface area contributed by atoms with Crippen LogP contribution in [0.3, 0.4) is 0 Å². The van der Waals surface area contributed by atoms with E-state index in [0.29, 0.717) is 0 Å². The molecule has 1 nitrogen and oxygen atoms in total. The number of benzene rings is 9. The second kappa shape index (κ2) is 13.5. The van der Waals surface area contributed by atoms with Crippen LogP contribution in [0.15, 0.2) is 218 Å². The van der Waals surface area contributed by atoms with Crippen molar-refractivity contribution in [3.05, 3.63) is 246 Å². The van der Waals surface area contributed by atoms with E-state index >= 15 is 0 Å². The molecule has 0 unspecified atom stereocenters. The molecule has 55 heavy (non-hydrogen) atoms. The van der Waals surface area contributed by atoms with Gasteiger partial charge in [-0.25, -0.2) is 0 Å². The molecule has 0 heterocycles. The Morgan fingerprint density at radius 2 is 0.836 bits per heavy atom. The highest BCUT2D eigenvalue weighted by Crippen LogP contribution is 2.58. The zero-order valence-corrected chi connectivity index (χ0v) is 30.7. The molecular weight excluding hydrogens is 663 g/mol. The average molecular weight is 702 g/mol. The normalized spacial score (nSPS) is 12.6. The van der Waals surface area contributed by atoms with Crippen molar-refractivity contribution in [2.24, 2.45) is 0 Å². The lowest BCUT2D eigenvalue weighted by Crippen LogP contribution is -2.28. The first-order valence-corrected chi connectivity index (χ1v) is 19.1. The number of hydrogen-bond acceptors (Lipinski definition) is 1. The zero-order valence-electron chi connectivity index (χ0n) is 30.7. The fourth-order valence-corrected chi connectivity index (χ4v) is 9.00. The molecule has 1 heteroatoms. The highest BCUT2D eigenvalue weighted by molar-refractivity contribution is 5.97. The molecule has 0 amide bonds. The van der Waals surface area contributed by atoms with Gasteiger partial charge < -0.3 is 4.90 Å². The van der Waals surface area contributed by atoms with Gasteiger partial charge in [0.1, 0.15) is 0 Å².